The predicted molar refractivity (Wildman–Crippen MR) is 139 cm³/mol. The van der Waals surface area contributed by atoms with Crippen molar-refractivity contribution in [2.75, 3.05) is 13.1 Å². The van der Waals surface area contributed by atoms with Gasteiger partial charge < -0.3 is 15.5 Å². The van der Waals surface area contributed by atoms with Gasteiger partial charge in [-0.25, -0.2) is 0 Å². The largest absolute Gasteiger partial charge is 0.363 e. The Bertz CT molecular complexity index is 905. The Labute approximate surface area is 203 Å². The van der Waals surface area contributed by atoms with E-state index in [1.165, 1.54) is 36.1 Å². The first-order valence-electron chi connectivity index (χ1n) is 12.4. The Morgan fingerprint density at radius 2 is 1.64 bits per heavy atom. The van der Waals surface area contributed by atoms with Gasteiger partial charge in [0.2, 0.25) is 5.91 Å². The summed E-state index contributed by atoms with van der Waals surface area (Å²) in [6.45, 7) is 1.66. The first-order valence-corrected chi connectivity index (χ1v) is 12.8. The Morgan fingerprint density at radius 3 is 2.33 bits per heavy atom. The van der Waals surface area contributed by atoms with Crippen molar-refractivity contribution >= 4 is 23.2 Å². The van der Waals surface area contributed by atoms with Crippen molar-refractivity contribution < 1.29 is 4.79 Å². The molecule has 1 aliphatic heterocycles. The quantitative estimate of drug-likeness (QED) is 0.390. The van der Waals surface area contributed by atoms with Crippen LogP contribution in [0.25, 0.3) is 0 Å². The number of amides is 1. The second-order valence-electron chi connectivity index (χ2n) is 9.06. The molecular formula is C28H35N3OS. The molecule has 0 radical (unpaired) electrons. The number of thiocarbonyl (C=S) groups is 1. The van der Waals surface area contributed by atoms with Gasteiger partial charge in [-0.05, 0) is 74.2 Å². The van der Waals surface area contributed by atoms with E-state index in [0.29, 0.717) is 23.4 Å². The highest BCUT2D eigenvalue weighted by atomic mass is 32.1. The van der Waals surface area contributed by atoms with Crippen LogP contribution in [0.3, 0.4) is 0 Å². The Kier molecular flexibility index (Phi) is 8.53. The zero-order valence-corrected chi connectivity index (χ0v) is 20.2. The number of carbonyl (C=O) groups is 1. The predicted octanol–water partition coefficient (Wildman–Crippen LogP) is 5.72. The van der Waals surface area contributed by atoms with Gasteiger partial charge in [0, 0.05) is 25.2 Å². The zero-order valence-electron chi connectivity index (χ0n) is 19.3. The molecule has 1 heterocycles. The van der Waals surface area contributed by atoms with Crippen molar-refractivity contribution in [3.63, 3.8) is 0 Å². The maximum absolute atomic E-state index is 12.8. The molecule has 4 rings (SSSR count). The van der Waals surface area contributed by atoms with Crippen molar-refractivity contribution in [3.8, 4) is 0 Å². The van der Waals surface area contributed by atoms with Crippen LogP contribution < -0.4 is 10.6 Å². The summed E-state index contributed by atoms with van der Waals surface area (Å²) in [7, 11) is 0. The van der Waals surface area contributed by atoms with E-state index in [2.05, 4.69) is 45.9 Å². The molecule has 2 N–H and O–H groups in total. The summed E-state index contributed by atoms with van der Waals surface area (Å²) >= 11 is 5.59. The Balaban J connectivity index is 1.22. The Morgan fingerprint density at radius 1 is 0.970 bits per heavy atom. The molecule has 2 aromatic rings. The molecule has 1 aliphatic carbocycles. The molecule has 33 heavy (non-hydrogen) atoms. The fourth-order valence-corrected chi connectivity index (χ4v) is 5.24. The average molecular weight is 462 g/mol. The highest BCUT2D eigenvalue weighted by Crippen LogP contribution is 2.35. The van der Waals surface area contributed by atoms with E-state index in [1.807, 2.05) is 36.4 Å². The van der Waals surface area contributed by atoms with Crippen LogP contribution in [0.5, 0.6) is 0 Å². The van der Waals surface area contributed by atoms with E-state index in [9.17, 15) is 4.79 Å². The van der Waals surface area contributed by atoms with Crippen molar-refractivity contribution in [2.24, 2.45) is 5.92 Å². The number of nitrogens with one attached hydrogen (secondary N) is 2. The zero-order chi connectivity index (χ0) is 22.9. The van der Waals surface area contributed by atoms with Gasteiger partial charge >= 0.3 is 0 Å². The van der Waals surface area contributed by atoms with Gasteiger partial charge in [-0.2, -0.15) is 0 Å². The van der Waals surface area contributed by atoms with Crippen LogP contribution in [0.2, 0.25) is 0 Å². The monoisotopic (exact) mass is 461 g/mol. The lowest BCUT2D eigenvalue weighted by atomic mass is 9.85. The van der Waals surface area contributed by atoms with Crippen molar-refractivity contribution in [1.82, 2.24) is 15.5 Å². The summed E-state index contributed by atoms with van der Waals surface area (Å²) in [6.07, 6.45) is 10.7. The second-order valence-corrected chi connectivity index (χ2v) is 9.46. The van der Waals surface area contributed by atoms with Crippen molar-refractivity contribution in [2.45, 2.75) is 57.4 Å². The molecule has 0 saturated carbocycles. The minimum atomic E-state index is 0.00444. The van der Waals surface area contributed by atoms with Gasteiger partial charge in [0.05, 0.1) is 6.04 Å². The van der Waals surface area contributed by atoms with E-state index < -0.39 is 0 Å². The third-order valence-electron chi connectivity index (χ3n) is 6.72. The molecule has 1 fully saturated rings. The summed E-state index contributed by atoms with van der Waals surface area (Å²) in [5.74, 6) is 0.908. The molecule has 1 amide bonds. The summed E-state index contributed by atoms with van der Waals surface area (Å²) in [6, 6.07) is 20.7. The highest BCUT2D eigenvalue weighted by Gasteiger charge is 2.29. The second kappa shape index (κ2) is 12.0. The molecule has 4 nitrogen and oxygen atoms in total. The molecule has 0 bridgehead atoms. The SMILES string of the molecule is O=C(CCCCNC(=S)NC(c1ccccc1)c1ccccc1)N1CCCC2CCCC=C21. The third kappa shape index (κ3) is 6.44. The summed E-state index contributed by atoms with van der Waals surface area (Å²) in [5.41, 5.74) is 3.67. The van der Waals surface area contributed by atoms with Gasteiger partial charge in [0.15, 0.2) is 5.11 Å². The lowest BCUT2D eigenvalue weighted by molar-refractivity contribution is -0.130. The fourth-order valence-electron chi connectivity index (χ4n) is 5.02. The summed E-state index contributed by atoms with van der Waals surface area (Å²) in [5, 5.41) is 7.45. The number of unbranched alkanes of at least 4 members (excludes halogenated alkanes) is 1. The van der Waals surface area contributed by atoms with Gasteiger partial charge in [-0.3, -0.25) is 4.79 Å². The maximum atomic E-state index is 12.8. The summed E-state index contributed by atoms with van der Waals surface area (Å²) < 4.78 is 0. The molecule has 1 saturated heterocycles. The van der Waals surface area contributed by atoms with E-state index in [1.54, 1.807) is 0 Å². The minimum Gasteiger partial charge on any atom is -0.363 e. The molecule has 1 atom stereocenters. The lowest BCUT2D eigenvalue weighted by Gasteiger charge is -2.38. The highest BCUT2D eigenvalue weighted by molar-refractivity contribution is 7.80. The molecule has 0 aromatic heterocycles. The first-order chi connectivity index (χ1) is 16.2. The number of benzene rings is 2. The van der Waals surface area contributed by atoms with Gasteiger partial charge in [0.1, 0.15) is 0 Å². The Hall–Kier alpha value is -2.66. The van der Waals surface area contributed by atoms with E-state index in [-0.39, 0.29) is 6.04 Å². The minimum absolute atomic E-state index is 0.00444. The van der Waals surface area contributed by atoms with Gasteiger partial charge in [0.25, 0.3) is 0 Å². The third-order valence-corrected chi connectivity index (χ3v) is 6.98. The molecule has 1 unspecified atom stereocenters. The van der Waals surface area contributed by atoms with E-state index in [4.69, 9.17) is 12.2 Å². The first kappa shape index (κ1) is 23.5. The number of allylic oxidation sites excluding steroid dienone is 2. The van der Waals surface area contributed by atoms with Crippen LogP contribution in [0.1, 0.15) is 68.5 Å². The molecule has 5 heteroatoms. The van der Waals surface area contributed by atoms with Gasteiger partial charge in [-0.1, -0.05) is 66.7 Å². The molecule has 2 aliphatic rings. The van der Waals surface area contributed by atoms with Crippen LogP contribution >= 0.6 is 12.2 Å². The van der Waals surface area contributed by atoms with Crippen molar-refractivity contribution in [3.05, 3.63) is 83.6 Å². The number of carbonyl (C=O) groups excluding carboxylic acids is 1. The average Bonchev–Trinajstić information content (AvgIpc) is 2.87. The van der Waals surface area contributed by atoms with Crippen LogP contribution in [0, 0.1) is 5.92 Å². The fraction of sp³-hybridized carbons (Fsp3) is 0.429. The number of piperidine rings is 1. The maximum Gasteiger partial charge on any atom is 0.226 e. The van der Waals surface area contributed by atoms with E-state index >= 15 is 0 Å². The number of likely N-dealkylation sites (tertiary alicyclic amines) is 1. The normalized spacial score (nSPS) is 17.8. The molecule has 2 aromatic carbocycles. The smallest absolute Gasteiger partial charge is 0.226 e. The number of fused-ring (bicyclic) bond motifs is 1. The molecular weight excluding hydrogens is 426 g/mol. The topological polar surface area (TPSA) is 44.4 Å². The summed E-state index contributed by atoms with van der Waals surface area (Å²) in [4.78, 5) is 14.9. The van der Waals surface area contributed by atoms with Crippen molar-refractivity contribution in [1.29, 1.82) is 0 Å². The van der Waals surface area contributed by atoms with Crippen LogP contribution in [0.4, 0.5) is 0 Å². The van der Waals surface area contributed by atoms with E-state index in [0.717, 1.165) is 38.8 Å². The number of hydrogen-bond donors (Lipinski definition) is 2. The molecule has 174 valence electrons. The van der Waals surface area contributed by atoms with Gasteiger partial charge in [-0.15, -0.1) is 0 Å². The standard InChI is InChI=1S/C28H35N3OS/c32-26(31-21-11-17-22-12-7-8-18-25(22)31)19-9-10-20-29-28(33)30-27(23-13-3-1-4-14-23)24-15-5-2-6-16-24/h1-6,13-16,18,22,27H,7-12,17,19-21H2,(H2,29,30,33). The lowest BCUT2D eigenvalue weighted by Crippen LogP contribution is -2.39. The number of rotatable bonds is 8. The van der Waals surface area contributed by atoms with Crippen LogP contribution in [-0.2, 0) is 4.79 Å². The molecule has 0 spiro atoms. The van der Waals surface area contributed by atoms with Crippen LogP contribution in [0.15, 0.2) is 72.4 Å². The number of nitrogens with zero attached hydrogens (tertiary/aromatic N) is 1. The number of hydrogen-bond acceptors (Lipinski definition) is 2. The van der Waals surface area contributed by atoms with Crippen LogP contribution in [-0.4, -0.2) is 29.0 Å².